The molecule has 0 aliphatic heterocycles. The molecule has 0 spiro atoms. The van der Waals surface area contributed by atoms with Crippen molar-refractivity contribution >= 4 is 11.9 Å². The first-order valence-corrected chi connectivity index (χ1v) is 2.35. The summed E-state index contributed by atoms with van der Waals surface area (Å²) in [6, 6.07) is 3.38. The molecule has 3 heteroatoms. The van der Waals surface area contributed by atoms with Crippen LogP contribution in [0, 0.1) is 6.20 Å². The number of halogens is 1. The predicted molar refractivity (Wildman–Crippen MR) is 29.6 cm³/mol. The molecule has 0 amide bonds. The van der Waals surface area contributed by atoms with Gasteiger partial charge in [-0.2, -0.15) is 0 Å². The van der Waals surface area contributed by atoms with Gasteiger partial charge in [0, 0.05) is 6.20 Å². The van der Waals surface area contributed by atoms with Gasteiger partial charge in [-0.15, -0.1) is 0 Å². The van der Waals surface area contributed by atoms with Gasteiger partial charge in [-0.1, -0.05) is 0 Å². The van der Waals surface area contributed by atoms with Crippen LogP contribution in [0.15, 0.2) is 18.3 Å². The Bertz CT molecular complexity index is 154. The maximum Gasteiger partial charge on any atom is 0.174 e. The van der Waals surface area contributed by atoms with Gasteiger partial charge in [0.15, 0.2) is 5.75 Å². The highest BCUT2D eigenvalue weighted by atomic mass is 35.5. The molecular weight excluding hydrogens is 126 g/mol. The van der Waals surface area contributed by atoms with E-state index in [9.17, 15) is 0 Å². The topological polar surface area (TPSA) is 22.1 Å². The third kappa shape index (κ3) is 1.10. The molecule has 8 heavy (non-hydrogen) atoms. The minimum atomic E-state index is 0.439. The van der Waals surface area contributed by atoms with Crippen LogP contribution in [0.1, 0.15) is 0 Å². The van der Waals surface area contributed by atoms with Crippen molar-refractivity contribution in [2.24, 2.45) is 0 Å². The van der Waals surface area contributed by atoms with Crippen LogP contribution in [0.3, 0.4) is 0 Å². The van der Waals surface area contributed by atoms with E-state index in [0.717, 1.165) is 0 Å². The zero-order valence-electron chi connectivity index (χ0n) is 3.97. The van der Waals surface area contributed by atoms with Crippen molar-refractivity contribution < 1.29 is 4.29 Å². The summed E-state index contributed by atoms with van der Waals surface area (Å²) in [5.41, 5.74) is 0. The van der Waals surface area contributed by atoms with E-state index in [-0.39, 0.29) is 0 Å². The average molecular weight is 129 g/mol. The van der Waals surface area contributed by atoms with Crippen LogP contribution in [-0.4, -0.2) is 4.98 Å². The molecule has 0 aliphatic rings. The second-order valence-electron chi connectivity index (χ2n) is 1.19. The zero-order valence-corrected chi connectivity index (χ0v) is 4.72. The lowest BCUT2D eigenvalue weighted by Crippen LogP contribution is -1.74. The van der Waals surface area contributed by atoms with E-state index >= 15 is 0 Å². The number of pyridine rings is 1. The number of hydrogen-bond donors (Lipinski definition) is 0. The molecule has 2 nitrogen and oxygen atoms in total. The SMILES string of the molecule is ClOc1[c]nccc1. The first kappa shape index (κ1) is 5.38. The third-order valence-corrected chi connectivity index (χ3v) is 0.832. The molecule has 1 rings (SSSR count). The lowest BCUT2D eigenvalue weighted by molar-refractivity contribution is 0.613. The van der Waals surface area contributed by atoms with Crippen LogP contribution >= 0.6 is 11.9 Å². The highest BCUT2D eigenvalue weighted by molar-refractivity contribution is 6.09. The van der Waals surface area contributed by atoms with Gasteiger partial charge in [-0.05, 0) is 12.1 Å². The van der Waals surface area contributed by atoms with Gasteiger partial charge in [0.2, 0.25) is 0 Å². The fraction of sp³-hybridized carbons (Fsp3) is 0. The van der Waals surface area contributed by atoms with Crippen molar-refractivity contribution in [3.63, 3.8) is 0 Å². The smallest absolute Gasteiger partial charge is 0.174 e. The molecule has 1 aromatic rings. The van der Waals surface area contributed by atoms with Gasteiger partial charge in [0.25, 0.3) is 0 Å². The summed E-state index contributed by atoms with van der Waals surface area (Å²) in [5.74, 6) is 0.439. The lowest BCUT2D eigenvalue weighted by atomic mass is 10.5. The number of nitrogens with zero attached hydrogens (tertiary/aromatic N) is 1. The number of hydrogen-bond acceptors (Lipinski definition) is 2. The van der Waals surface area contributed by atoms with Crippen molar-refractivity contribution in [2.45, 2.75) is 0 Å². The predicted octanol–water partition coefficient (Wildman–Crippen LogP) is 1.41. The van der Waals surface area contributed by atoms with Gasteiger partial charge < -0.3 is 4.29 Å². The molecule has 0 saturated carbocycles. The number of rotatable bonds is 1. The highest BCUT2D eigenvalue weighted by Gasteiger charge is 1.85. The van der Waals surface area contributed by atoms with Crippen LogP contribution in [-0.2, 0) is 0 Å². The minimum Gasteiger partial charge on any atom is -0.383 e. The van der Waals surface area contributed by atoms with Crippen molar-refractivity contribution in [1.29, 1.82) is 0 Å². The van der Waals surface area contributed by atoms with Crippen molar-refractivity contribution in [3.05, 3.63) is 24.5 Å². The fourth-order valence-electron chi connectivity index (χ4n) is 0.355. The second-order valence-corrected chi connectivity index (χ2v) is 1.34. The van der Waals surface area contributed by atoms with Gasteiger partial charge in [-0.25, -0.2) is 0 Å². The van der Waals surface area contributed by atoms with Gasteiger partial charge in [0.05, 0.1) is 0 Å². The van der Waals surface area contributed by atoms with Crippen LogP contribution < -0.4 is 4.29 Å². The normalized spacial score (nSPS) is 8.62. The quantitative estimate of drug-likeness (QED) is 0.571. The summed E-state index contributed by atoms with van der Waals surface area (Å²) >= 11 is 4.96. The molecule has 0 aliphatic carbocycles. The van der Waals surface area contributed by atoms with E-state index in [1.165, 1.54) is 0 Å². The summed E-state index contributed by atoms with van der Waals surface area (Å²) in [6.45, 7) is 0. The molecule has 0 bridgehead atoms. The number of aromatic nitrogens is 1. The molecule has 0 saturated heterocycles. The molecule has 0 N–H and O–H groups in total. The molecule has 0 aromatic carbocycles. The van der Waals surface area contributed by atoms with Crippen LogP contribution in [0.25, 0.3) is 0 Å². The Morgan fingerprint density at radius 2 is 2.62 bits per heavy atom. The van der Waals surface area contributed by atoms with Gasteiger partial charge in [-0.3, -0.25) is 4.98 Å². The molecule has 1 radical (unpaired) electrons. The van der Waals surface area contributed by atoms with E-state index in [0.29, 0.717) is 5.75 Å². The van der Waals surface area contributed by atoms with Crippen molar-refractivity contribution in [1.82, 2.24) is 4.98 Å². The van der Waals surface area contributed by atoms with Crippen molar-refractivity contribution in [2.75, 3.05) is 0 Å². The largest absolute Gasteiger partial charge is 0.383 e. The standard InChI is InChI=1S/C5H3ClNO/c6-8-5-2-1-3-7-4-5/h1-3H. The average Bonchev–Trinajstić information content (AvgIpc) is 1.90. The van der Waals surface area contributed by atoms with Crippen LogP contribution in [0.5, 0.6) is 5.75 Å². The summed E-state index contributed by atoms with van der Waals surface area (Å²) < 4.78 is 4.27. The van der Waals surface area contributed by atoms with E-state index in [1.807, 2.05) is 0 Å². The van der Waals surface area contributed by atoms with Crippen LogP contribution in [0.2, 0.25) is 0 Å². The van der Waals surface area contributed by atoms with E-state index in [1.54, 1.807) is 18.3 Å². The molecule has 0 unspecified atom stereocenters. The maximum atomic E-state index is 4.96. The fourth-order valence-corrected chi connectivity index (χ4v) is 0.441. The monoisotopic (exact) mass is 128 g/mol. The summed E-state index contributed by atoms with van der Waals surface area (Å²) in [5, 5.41) is 0. The summed E-state index contributed by atoms with van der Waals surface area (Å²) in [4.78, 5) is 3.62. The van der Waals surface area contributed by atoms with Gasteiger partial charge in [0.1, 0.15) is 18.1 Å². The van der Waals surface area contributed by atoms with Gasteiger partial charge >= 0.3 is 0 Å². The second kappa shape index (κ2) is 2.52. The lowest BCUT2D eigenvalue weighted by Gasteiger charge is -1.87. The molecule has 41 valence electrons. The molecule has 1 aromatic heterocycles. The first-order valence-electron chi connectivity index (χ1n) is 2.05. The minimum absolute atomic E-state index is 0.439. The first-order chi connectivity index (χ1) is 3.93. The van der Waals surface area contributed by atoms with E-state index in [2.05, 4.69) is 15.5 Å². The van der Waals surface area contributed by atoms with E-state index in [4.69, 9.17) is 11.9 Å². The maximum absolute atomic E-state index is 4.96. The Kier molecular flexibility index (Phi) is 1.70. The zero-order chi connectivity index (χ0) is 5.82. The Labute approximate surface area is 52.2 Å². The summed E-state index contributed by atoms with van der Waals surface area (Å²) in [7, 11) is 0. The molecule has 0 fully saturated rings. The van der Waals surface area contributed by atoms with Crippen LogP contribution in [0.4, 0.5) is 0 Å². The van der Waals surface area contributed by atoms with E-state index < -0.39 is 0 Å². The summed E-state index contributed by atoms with van der Waals surface area (Å²) in [6.07, 6.45) is 4.11. The Morgan fingerprint density at radius 3 is 3.00 bits per heavy atom. The molecular formula is C5H3ClNO. The third-order valence-electron chi connectivity index (χ3n) is 0.666. The molecule has 1 heterocycles. The Balaban J connectivity index is 2.83. The molecule has 0 atom stereocenters. The Hall–Kier alpha value is -0.760. The van der Waals surface area contributed by atoms with Crippen molar-refractivity contribution in [3.8, 4) is 5.75 Å². The Morgan fingerprint density at radius 1 is 1.75 bits per heavy atom. The highest BCUT2D eigenvalue weighted by Crippen LogP contribution is 2.05.